The van der Waals surface area contributed by atoms with Gasteiger partial charge in [0.05, 0.1) is 12.3 Å². The molecule has 0 aliphatic heterocycles. The number of nitrogens with zero attached hydrogens (tertiary/aromatic N) is 2. The molecule has 0 bridgehead atoms. The van der Waals surface area contributed by atoms with Gasteiger partial charge in [-0.2, -0.15) is 0 Å². The standard InChI is InChI=1S/C32H32ClN3O6/c33-27-14-6-3-10-22(27)19-41-32(39)34-28(31(37)38)21-40-20-24-18-23(35-42-24)11-2-1-9-17-36-29-15-7-4-12-25(29)26-13-5-8-16-30(26)36/h3-8,10,12-16,18,28H,1-2,9,11,17,19-21H2,(H,34,39)(H,37,38)/t28-/m0/s1. The SMILES string of the molecule is O=C(N[C@@H](COCc1cc(CCCCCn2c3ccccc3c3ccccc32)no1)C(=O)O)OCc1ccccc1Cl. The summed E-state index contributed by atoms with van der Waals surface area (Å²) in [6, 6.07) is 24.5. The lowest BCUT2D eigenvalue weighted by Crippen LogP contribution is -2.44. The highest BCUT2D eigenvalue weighted by atomic mass is 35.5. The van der Waals surface area contributed by atoms with E-state index in [1.807, 2.05) is 6.07 Å². The molecule has 0 saturated heterocycles. The Morgan fingerprint density at radius 1 is 0.929 bits per heavy atom. The van der Waals surface area contributed by atoms with E-state index in [0.29, 0.717) is 16.3 Å². The van der Waals surface area contributed by atoms with Crippen molar-refractivity contribution in [3.8, 4) is 0 Å². The summed E-state index contributed by atoms with van der Waals surface area (Å²) in [5.74, 6) is -0.760. The first-order chi connectivity index (χ1) is 20.5. The van der Waals surface area contributed by atoms with Crippen molar-refractivity contribution in [2.45, 2.75) is 51.5 Å². The van der Waals surface area contributed by atoms with Gasteiger partial charge in [0.15, 0.2) is 11.8 Å². The second-order valence-corrected chi connectivity index (χ2v) is 10.4. The van der Waals surface area contributed by atoms with E-state index in [9.17, 15) is 14.7 Å². The zero-order valence-corrected chi connectivity index (χ0v) is 23.8. The molecule has 0 aliphatic rings. The number of rotatable bonds is 14. The lowest BCUT2D eigenvalue weighted by molar-refractivity contribution is -0.141. The van der Waals surface area contributed by atoms with Crippen LogP contribution >= 0.6 is 11.6 Å². The number of nitrogens with one attached hydrogen (secondary N) is 1. The van der Waals surface area contributed by atoms with E-state index >= 15 is 0 Å². The third-order valence-corrected chi connectivity index (χ3v) is 7.41. The summed E-state index contributed by atoms with van der Waals surface area (Å²) >= 11 is 6.05. The van der Waals surface area contributed by atoms with Crippen LogP contribution in [0.15, 0.2) is 83.4 Å². The molecule has 42 heavy (non-hydrogen) atoms. The molecule has 2 heterocycles. The average Bonchev–Trinajstić information content (AvgIpc) is 3.58. The minimum absolute atomic E-state index is 0.0287. The molecular weight excluding hydrogens is 558 g/mol. The molecule has 2 aromatic heterocycles. The first-order valence-electron chi connectivity index (χ1n) is 13.9. The summed E-state index contributed by atoms with van der Waals surface area (Å²) in [7, 11) is 0. The van der Waals surface area contributed by atoms with Gasteiger partial charge in [-0.05, 0) is 37.5 Å². The Kier molecular flexibility index (Phi) is 9.74. The number of hydrogen-bond acceptors (Lipinski definition) is 6. The Labute approximate surface area is 248 Å². The lowest BCUT2D eigenvalue weighted by atomic mass is 10.1. The van der Waals surface area contributed by atoms with Crippen molar-refractivity contribution in [1.29, 1.82) is 0 Å². The first kappa shape index (κ1) is 29.2. The van der Waals surface area contributed by atoms with Crippen molar-refractivity contribution >= 4 is 45.5 Å². The lowest BCUT2D eigenvalue weighted by Gasteiger charge is -2.14. The fraction of sp³-hybridized carbons (Fsp3) is 0.281. The number of amides is 1. The number of aliphatic carboxylic acids is 1. The van der Waals surface area contributed by atoms with Gasteiger partial charge in [0, 0.05) is 45.0 Å². The van der Waals surface area contributed by atoms with Crippen LogP contribution in [0.4, 0.5) is 4.79 Å². The number of benzene rings is 3. The molecule has 0 unspecified atom stereocenters. The van der Waals surface area contributed by atoms with Crippen LogP contribution < -0.4 is 5.32 Å². The summed E-state index contributed by atoms with van der Waals surface area (Å²) in [5, 5.41) is 18.9. The van der Waals surface area contributed by atoms with E-state index in [1.165, 1.54) is 21.8 Å². The predicted octanol–water partition coefficient (Wildman–Crippen LogP) is 6.75. The van der Waals surface area contributed by atoms with E-state index in [4.69, 9.17) is 25.6 Å². The number of unbranched alkanes of at least 4 members (excludes halogenated alkanes) is 2. The quantitative estimate of drug-likeness (QED) is 0.138. The number of carbonyl (C=O) groups is 2. The van der Waals surface area contributed by atoms with Gasteiger partial charge >= 0.3 is 12.1 Å². The van der Waals surface area contributed by atoms with Gasteiger partial charge in [-0.1, -0.05) is 77.8 Å². The summed E-state index contributed by atoms with van der Waals surface area (Å²) < 4.78 is 18.3. The largest absolute Gasteiger partial charge is 0.480 e. The maximum Gasteiger partial charge on any atom is 0.408 e. The van der Waals surface area contributed by atoms with Gasteiger partial charge in [0.25, 0.3) is 0 Å². The molecule has 218 valence electrons. The van der Waals surface area contributed by atoms with Crippen LogP contribution in [-0.2, 0) is 40.4 Å². The Balaban J connectivity index is 1.02. The van der Waals surface area contributed by atoms with Gasteiger partial charge in [-0.25, -0.2) is 9.59 Å². The molecular formula is C32H32ClN3O6. The van der Waals surface area contributed by atoms with E-state index < -0.39 is 18.1 Å². The number of carbonyl (C=O) groups excluding carboxylic acids is 1. The van der Waals surface area contributed by atoms with Crippen LogP contribution in [0.3, 0.4) is 0 Å². The van der Waals surface area contributed by atoms with Crippen LogP contribution in [0.2, 0.25) is 5.02 Å². The number of hydrogen-bond donors (Lipinski definition) is 2. The smallest absolute Gasteiger partial charge is 0.408 e. The molecule has 0 aliphatic carbocycles. The van der Waals surface area contributed by atoms with Gasteiger partial charge in [-0.15, -0.1) is 0 Å². The summed E-state index contributed by atoms with van der Waals surface area (Å²) in [4.78, 5) is 23.7. The Morgan fingerprint density at radius 2 is 1.62 bits per heavy atom. The topological polar surface area (TPSA) is 116 Å². The number of ether oxygens (including phenoxy) is 2. The summed E-state index contributed by atoms with van der Waals surface area (Å²) in [6.45, 7) is 0.619. The number of fused-ring (bicyclic) bond motifs is 3. The summed E-state index contributed by atoms with van der Waals surface area (Å²) in [5.41, 5.74) is 3.95. The van der Waals surface area contributed by atoms with Crippen LogP contribution in [0.25, 0.3) is 21.8 Å². The molecule has 5 rings (SSSR count). The molecule has 0 saturated carbocycles. The Morgan fingerprint density at radius 3 is 2.33 bits per heavy atom. The van der Waals surface area contributed by atoms with Crippen LogP contribution in [0.1, 0.15) is 36.3 Å². The van der Waals surface area contributed by atoms with Crippen molar-refractivity contribution in [2.24, 2.45) is 0 Å². The number of para-hydroxylation sites is 2. The second-order valence-electron chi connectivity index (χ2n) is 10.00. The van der Waals surface area contributed by atoms with Gasteiger partial charge in [-0.3, -0.25) is 0 Å². The van der Waals surface area contributed by atoms with E-state index in [-0.39, 0.29) is 19.8 Å². The maximum atomic E-state index is 12.1. The molecule has 2 N–H and O–H groups in total. The first-order valence-corrected chi connectivity index (χ1v) is 14.2. The van der Waals surface area contributed by atoms with Crippen LogP contribution in [0, 0.1) is 0 Å². The third kappa shape index (κ3) is 7.29. The summed E-state index contributed by atoms with van der Waals surface area (Å²) in [6.07, 6.45) is 2.93. The van der Waals surface area contributed by atoms with Gasteiger partial charge in [0.1, 0.15) is 13.2 Å². The second kappa shape index (κ2) is 14.0. The van der Waals surface area contributed by atoms with Gasteiger partial charge < -0.3 is 29.0 Å². The Bertz CT molecular complexity index is 1610. The molecule has 9 nitrogen and oxygen atoms in total. The normalized spacial score (nSPS) is 12.0. The molecule has 0 spiro atoms. The van der Waals surface area contributed by atoms with Crippen molar-refractivity contribution in [3.63, 3.8) is 0 Å². The number of carboxylic acid groups (broad SMARTS) is 1. The minimum Gasteiger partial charge on any atom is -0.480 e. The molecule has 5 aromatic rings. The molecule has 0 radical (unpaired) electrons. The van der Waals surface area contributed by atoms with Crippen molar-refractivity contribution < 1.29 is 28.7 Å². The number of halogens is 1. The number of aryl methyl sites for hydroxylation is 2. The fourth-order valence-electron chi connectivity index (χ4n) is 4.93. The molecule has 1 amide bonds. The zero-order valence-electron chi connectivity index (χ0n) is 23.0. The van der Waals surface area contributed by atoms with E-state index in [2.05, 4.69) is 63.6 Å². The highest BCUT2D eigenvalue weighted by Gasteiger charge is 2.21. The van der Waals surface area contributed by atoms with Crippen molar-refractivity contribution in [3.05, 3.63) is 101 Å². The van der Waals surface area contributed by atoms with Crippen molar-refractivity contribution in [2.75, 3.05) is 6.61 Å². The monoisotopic (exact) mass is 589 g/mol. The average molecular weight is 590 g/mol. The van der Waals surface area contributed by atoms with Crippen molar-refractivity contribution in [1.82, 2.24) is 15.0 Å². The maximum absolute atomic E-state index is 12.1. The minimum atomic E-state index is -1.29. The van der Waals surface area contributed by atoms with Gasteiger partial charge in [0.2, 0.25) is 0 Å². The van der Waals surface area contributed by atoms with E-state index in [1.54, 1.807) is 24.3 Å². The molecule has 0 fully saturated rings. The number of carboxylic acids is 1. The molecule has 1 atom stereocenters. The molecule has 3 aromatic carbocycles. The highest BCUT2D eigenvalue weighted by molar-refractivity contribution is 6.31. The molecule has 10 heteroatoms. The number of aromatic nitrogens is 2. The zero-order chi connectivity index (χ0) is 29.3. The Hall–Kier alpha value is -4.34. The highest BCUT2D eigenvalue weighted by Crippen LogP contribution is 2.29. The fourth-order valence-corrected chi connectivity index (χ4v) is 5.12. The number of alkyl carbamates (subject to hydrolysis) is 1. The van der Waals surface area contributed by atoms with Crippen LogP contribution in [-0.4, -0.2) is 39.5 Å². The third-order valence-electron chi connectivity index (χ3n) is 7.04. The van der Waals surface area contributed by atoms with Crippen LogP contribution in [0.5, 0.6) is 0 Å². The predicted molar refractivity (Wildman–Crippen MR) is 159 cm³/mol. The van der Waals surface area contributed by atoms with E-state index in [0.717, 1.165) is 37.9 Å².